The predicted molar refractivity (Wildman–Crippen MR) is 101 cm³/mol. The van der Waals surface area contributed by atoms with Gasteiger partial charge in [0.25, 0.3) is 0 Å². The Hall–Kier alpha value is -1.59. The molecule has 0 bridgehead atoms. The summed E-state index contributed by atoms with van der Waals surface area (Å²) >= 11 is 7.51. The summed E-state index contributed by atoms with van der Waals surface area (Å²) in [6.07, 6.45) is 3.20. The Bertz CT molecular complexity index is 751. The van der Waals surface area contributed by atoms with Crippen LogP contribution in [0.5, 0.6) is 0 Å². The van der Waals surface area contributed by atoms with Crippen LogP contribution in [0.4, 0.5) is 15.6 Å². The molecule has 24 heavy (non-hydrogen) atoms. The average Bonchev–Trinajstić information content (AvgIpc) is 2.87. The third-order valence-corrected chi connectivity index (χ3v) is 5.74. The second-order valence-corrected chi connectivity index (χ2v) is 8.80. The molecule has 0 radical (unpaired) electrons. The van der Waals surface area contributed by atoms with E-state index < -0.39 is 0 Å². The van der Waals surface area contributed by atoms with E-state index in [0.717, 1.165) is 25.0 Å². The van der Waals surface area contributed by atoms with Crippen LogP contribution in [0.15, 0.2) is 24.3 Å². The highest BCUT2D eigenvalue weighted by atomic mass is 35.5. The fraction of sp³-hybridized carbons (Fsp3) is 0.444. The second-order valence-electron chi connectivity index (χ2n) is 7.28. The molecule has 0 fully saturated rings. The van der Waals surface area contributed by atoms with E-state index in [2.05, 4.69) is 36.4 Å². The highest BCUT2D eigenvalue weighted by Gasteiger charge is 2.30. The van der Waals surface area contributed by atoms with Crippen molar-refractivity contribution in [3.8, 4) is 0 Å². The molecule has 2 aromatic rings. The number of aromatic nitrogens is 1. The summed E-state index contributed by atoms with van der Waals surface area (Å²) < 4.78 is 0. The lowest BCUT2D eigenvalue weighted by molar-refractivity contribution is 0.217. The molecule has 0 saturated heterocycles. The van der Waals surface area contributed by atoms with Gasteiger partial charge in [-0.1, -0.05) is 38.4 Å². The molecule has 1 heterocycles. The van der Waals surface area contributed by atoms with Crippen molar-refractivity contribution >= 4 is 39.8 Å². The van der Waals surface area contributed by atoms with Crippen molar-refractivity contribution in [1.29, 1.82) is 0 Å². The molecule has 6 heteroatoms. The SMILES string of the molecule is CC(C)(C)C1CCc2nc(NC(=O)Nc3cccc(Cl)c3)sc2C1. The quantitative estimate of drug-likeness (QED) is 0.730. The van der Waals surface area contributed by atoms with Crippen molar-refractivity contribution in [3.63, 3.8) is 0 Å². The first-order chi connectivity index (χ1) is 11.3. The number of amides is 2. The fourth-order valence-corrected chi connectivity index (χ4v) is 4.27. The van der Waals surface area contributed by atoms with Crippen molar-refractivity contribution < 1.29 is 4.79 Å². The van der Waals surface area contributed by atoms with E-state index in [0.29, 0.717) is 27.2 Å². The Labute approximate surface area is 151 Å². The van der Waals surface area contributed by atoms with Gasteiger partial charge in [-0.3, -0.25) is 5.32 Å². The molecular formula is C18H22ClN3OS. The van der Waals surface area contributed by atoms with E-state index in [9.17, 15) is 4.79 Å². The van der Waals surface area contributed by atoms with Crippen molar-refractivity contribution in [3.05, 3.63) is 39.9 Å². The van der Waals surface area contributed by atoms with Gasteiger partial charge in [-0.15, -0.1) is 11.3 Å². The van der Waals surface area contributed by atoms with Gasteiger partial charge in [0, 0.05) is 15.6 Å². The zero-order chi connectivity index (χ0) is 17.3. The molecule has 2 amide bonds. The topological polar surface area (TPSA) is 54.0 Å². The smallest absolute Gasteiger partial charge is 0.308 e. The molecule has 3 rings (SSSR count). The number of nitrogens with zero attached hydrogens (tertiary/aromatic N) is 1. The first-order valence-electron chi connectivity index (χ1n) is 8.13. The number of halogens is 1. The molecular weight excluding hydrogens is 342 g/mol. The number of benzene rings is 1. The zero-order valence-corrected chi connectivity index (χ0v) is 15.7. The minimum atomic E-state index is -0.296. The van der Waals surface area contributed by atoms with Crippen LogP contribution >= 0.6 is 22.9 Å². The van der Waals surface area contributed by atoms with Gasteiger partial charge in [0.15, 0.2) is 5.13 Å². The third-order valence-electron chi connectivity index (χ3n) is 4.47. The molecule has 1 aromatic heterocycles. The standard InChI is InChI=1S/C18H22ClN3OS/c1-18(2,3)11-7-8-14-15(9-11)24-17(21-14)22-16(23)20-13-6-4-5-12(19)10-13/h4-6,10-11H,7-9H2,1-3H3,(H2,20,21,22,23). The largest absolute Gasteiger partial charge is 0.325 e. The van der Waals surface area contributed by atoms with Crippen molar-refractivity contribution in [2.24, 2.45) is 11.3 Å². The van der Waals surface area contributed by atoms with Gasteiger partial charge in [0.05, 0.1) is 5.69 Å². The van der Waals surface area contributed by atoms with E-state index in [1.54, 1.807) is 35.6 Å². The lowest BCUT2D eigenvalue weighted by atomic mass is 9.73. The Kier molecular flexibility index (Phi) is 4.83. The lowest BCUT2D eigenvalue weighted by Gasteiger charge is -2.33. The van der Waals surface area contributed by atoms with Crippen LogP contribution in [-0.4, -0.2) is 11.0 Å². The second kappa shape index (κ2) is 6.73. The molecule has 4 nitrogen and oxygen atoms in total. The van der Waals surface area contributed by atoms with E-state index in [-0.39, 0.29) is 6.03 Å². The number of fused-ring (bicyclic) bond motifs is 1. The predicted octanol–water partition coefficient (Wildman–Crippen LogP) is 5.59. The number of thiazole rings is 1. The molecule has 0 spiro atoms. The van der Waals surface area contributed by atoms with Crippen LogP contribution in [0.3, 0.4) is 0 Å². The van der Waals surface area contributed by atoms with Crippen LogP contribution in [0, 0.1) is 11.3 Å². The lowest BCUT2D eigenvalue weighted by Crippen LogP contribution is -2.26. The van der Waals surface area contributed by atoms with Crippen LogP contribution in [0.1, 0.15) is 37.8 Å². The molecule has 1 aromatic carbocycles. The maximum atomic E-state index is 12.1. The summed E-state index contributed by atoms with van der Waals surface area (Å²) in [6.45, 7) is 6.88. The number of urea groups is 1. The molecule has 1 unspecified atom stereocenters. The maximum absolute atomic E-state index is 12.1. The first kappa shape index (κ1) is 17.2. The molecule has 1 aliphatic carbocycles. The van der Waals surface area contributed by atoms with Crippen molar-refractivity contribution in [2.75, 3.05) is 10.6 Å². The molecule has 128 valence electrons. The maximum Gasteiger partial charge on any atom is 0.325 e. The molecule has 0 saturated carbocycles. The first-order valence-corrected chi connectivity index (χ1v) is 9.33. The summed E-state index contributed by atoms with van der Waals surface area (Å²) in [7, 11) is 0. The van der Waals surface area contributed by atoms with E-state index in [4.69, 9.17) is 11.6 Å². The van der Waals surface area contributed by atoms with E-state index in [1.165, 1.54) is 4.88 Å². The van der Waals surface area contributed by atoms with Gasteiger partial charge < -0.3 is 5.32 Å². The van der Waals surface area contributed by atoms with Gasteiger partial charge in [-0.05, 0) is 48.8 Å². The number of aryl methyl sites for hydroxylation is 1. The van der Waals surface area contributed by atoms with Gasteiger partial charge >= 0.3 is 6.03 Å². The number of nitrogens with one attached hydrogen (secondary N) is 2. The monoisotopic (exact) mass is 363 g/mol. The Morgan fingerprint density at radius 1 is 1.33 bits per heavy atom. The normalized spacial score (nSPS) is 17.2. The Balaban J connectivity index is 1.65. The van der Waals surface area contributed by atoms with Crippen LogP contribution in [0.2, 0.25) is 5.02 Å². The van der Waals surface area contributed by atoms with Crippen LogP contribution in [-0.2, 0) is 12.8 Å². The fourth-order valence-electron chi connectivity index (χ4n) is 2.99. The highest BCUT2D eigenvalue weighted by molar-refractivity contribution is 7.15. The summed E-state index contributed by atoms with van der Waals surface area (Å²) in [4.78, 5) is 18.0. The summed E-state index contributed by atoms with van der Waals surface area (Å²) in [5.41, 5.74) is 2.10. The summed E-state index contributed by atoms with van der Waals surface area (Å²) in [5, 5.41) is 6.86. The minimum absolute atomic E-state index is 0.296. The van der Waals surface area contributed by atoms with Crippen LogP contribution in [0.25, 0.3) is 0 Å². The number of carbonyl (C=O) groups excluding carboxylic acids is 1. The minimum Gasteiger partial charge on any atom is -0.308 e. The van der Waals surface area contributed by atoms with E-state index >= 15 is 0 Å². The van der Waals surface area contributed by atoms with Crippen molar-refractivity contribution in [2.45, 2.75) is 40.0 Å². The van der Waals surface area contributed by atoms with Crippen molar-refractivity contribution in [1.82, 2.24) is 4.98 Å². The Morgan fingerprint density at radius 2 is 2.12 bits per heavy atom. The molecule has 0 aliphatic heterocycles. The summed E-state index contributed by atoms with van der Waals surface area (Å²) in [5.74, 6) is 0.665. The number of anilines is 2. The number of carbonyl (C=O) groups is 1. The molecule has 1 atom stereocenters. The zero-order valence-electron chi connectivity index (χ0n) is 14.1. The molecule has 1 aliphatic rings. The van der Waals surface area contributed by atoms with Gasteiger partial charge in [0.2, 0.25) is 0 Å². The van der Waals surface area contributed by atoms with Crippen LogP contribution < -0.4 is 10.6 Å². The summed E-state index contributed by atoms with van der Waals surface area (Å²) in [6, 6.07) is 6.78. The number of rotatable bonds is 2. The average molecular weight is 364 g/mol. The van der Waals surface area contributed by atoms with Gasteiger partial charge in [-0.2, -0.15) is 0 Å². The molecule has 2 N–H and O–H groups in total. The van der Waals surface area contributed by atoms with Gasteiger partial charge in [-0.25, -0.2) is 9.78 Å². The highest BCUT2D eigenvalue weighted by Crippen LogP contribution is 2.40. The number of hydrogen-bond donors (Lipinski definition) is 2. The van der Waals surface area contributed by atoms with E-state index in [1.807, 2.05) is 0 Å². The number of hydrogen-bond acceptors (Lipinski definition) is 3. The third kappa shape index (κ3) is 4.08. The Morgan fingerprint density at radius 3 is 2.83 bits per heavy atom. The van der Waals surface area contributed by atoms with Gasteiger partial charge in [0.1, 0.15) is 0 Å².